The number of rotatable bonds is 6. The van der Waals surface area contributed by atoms with Crippen LogP contribution in [0.4, 0.5) is 0 Å². The van der Waals surface area contributed by atoms with Gasteiger partial charge in [-0.3, -0.25) is 4.79 Å². The van der Waals surface area contributed by atoms with Crippen molar-refractivity contribution in [2.75, 3.05) is 26.7 Å². The molecule has 1 aromatic rings. The van der Waals surface area contributed by atoms with E-state index < -0.39 is 0 Å². The molecular formula is C17H26N2O2. The van der Waals surface area contributed by atoms with E-state index in [0.717, 1.165) is 30.8 Å². The summed E-state index contributed by atoms with van der Waals surface area (Å²) in [5, 5.41) is 3.52. The minimum Gasteiger partial charge on any atom is -0.494 e. The maximum absolute atomic E-state index is 12.4. The fraction of sp³-hybridized carbons (Fsp3) is 0.588. The van der Waals surface area contributed by atoms with Crippen LogP contribution in [0.25, 0.3) is 0 Å². The number of piperidine rings is 1. The molecule has 0 aliphatic carbocycles. The van der Waals surface area contributed by atoms with Gasteiger partial charge in [-0.05, 0) is 57.0 Å². The summed E-state index contributed by atoms with van der Waals surface area (Å²) in [7, 11) is 1.88. The average Bonchev–Trinajstić information content (AvgIpc) is 2.54. The van der Waals surface area contributed by atoms with Crippen LogP contribution in [-0.2, 0) is 0 Å². The topological polar surface area (TPSA) is 41.6 Å². The van der Waals surface area contributed by atoms with Crippen molar-refractivity contribution >= 4 is 5.91 Å². The summed E-state index contributed by atoms with van der Waals surface area (Å²) < 4.78 is 5.39. The van der Waals surface area contributed by atoms with Crippen LogP contribution < -0.4 is 10.1 Å². The first-order chi connectivity index (χ1) is 10.2. The number of carbonyl (C=O) groups is 1. The number of hydrogen-bond acceptors (Lipinski definition) is 3. The van der Waals surface area contributed by atoms with Crippen molar-refractivity contribution in [2.45, 2.75) is 38.6 Å². The number of ether oxygens (including phenoxy) is 1. The molecule has 0 aromatic heterocycles. The summed E-state index contributed by atoms with van der Waals surface area (Å²) >= 11 is 0. The molecule has 0 saturated carbocycles. The number of hydrogen-bond donors (Lipinski definition) is 1. The SMILES string of the molecule is CCOc1ccc(C(=O)N(C)CCC2CCCCN2)cc1. The van der Waals surface area contributed by atoms with Crippen molar-refractivity contribution in [3.05, 3.63) is 29.8 Å². The summed E-state index contributed by atoms with van der Waals surface area (Å²) in [6.45, 7) is 4.50. The maximum atomic E-state index is 12.4. The number of benzene rings is 1. The molecule has 0 spiro atoms. The van der Waals surface area contributed by atoms with Gasteiger partial charge >= 0.3 is 0 Å². The lowest BCUT2D eigenvalue weighted by Gasteiger charge is -2.26. The van der Waals surface area contributed by atoms with E-state index in [1.165, 1.54) is 19.3 Å². The molecule has 21 heavy (non-hydrogen) atoms. The normalized spacial score (nSPS) is 18.3. The minimum absolute atomic E-state index is 0.0776. The van der Waals surface area contributed by atoms with E-state index in [1.54, 1.807) is 0 Å². The van der Waals surface area contributed by atoms with Gasteiger partial charge in [0.2, 0.25) is 0 Å². The van der Waals surface area contributed by atoms with Gasteiger partial charge in [-0.1, -0.05) is 6.42 Å². The van der Waals surface area contributed by atoms with Crippen molar-refractivity contribution < 1.29 is 9.53 Å². The number of carbonyl (C=O) groups excluding carboxylic acids is 1. The Balaban J connectivity index is 1.83. The number of nitrogens with zero attached hydrogens (tertiary/aromatic N) is 1. The summed E-state index contributed by atoms with van der Waals surface area (Å²) in [6.07, 6.45) is 4.83. The van der Waals surface area contributed by atoms with E-state index >= 15 is 0 Å². The highest BCUT2D eigenvalue weighted by Crippen LogP contribution is 2.14. The van der Waals surface area contributed by atoms with Gasteiger partial charge in [-0.2, -0.15) is 0 Å². The zero-order valence-electron chi connectivity index (χ0n) is 13.1. The molecule has 1 amide bonds. The molecule has 2 rings (SSSR count). The highest BCUT2D eigenvalue weighted by atomic mass is 16.5. The lowest BCUT2D eigenvalue weighted by molar-refractivity contribution is 0.0788. The second-order valence-electron chi connectivity index (χ2n) is 5.62. The molecule has 4 nitrogen and oxygen atoms in total. The Labute approximate surface area is 127 Å². The van der Waals surface area contributed by atoms with Crippen molar-refractivity contribution in [3.63, 3.8) is 0 Å². The first kappa shape index (κ1) is 15.8. The Kier molecular flexibility index (Phi) is 6.05. The van der Waals surface area contributed by atoms with Gasteiger partial charge < -0.3 is 15.0 Å². The molecule has 1 saturated heterocycles. The van der Waals surface area contributed by atoms with E-state index in [4.69, 9.17) is 4.74 Å². The zero-order valence-corrected chi connectivity index (χ0v) is 13.1. The second kappa shape index (κ2) is 8.03. The average molecular weight is 290 g/mol. The number of amides is 1. The standard InChI is InChI=1S/C17H26N2O2/c1-3-21-16-9-7-14(8-10-16)17(20)19(2)13-11-15-6-4-5-12-18-15/h7-10,15,18H,3-6,11-13H2,1-2H3. The smallest absolute Gasteiger partial charge is 0.253 e. The van der Waals surface area contributed by atoms with Gasteiger partial charge in [0.05, 0.1) is 6.61 Å². The molecule has 1 aliphatic rings. The lowest BCUT2D eigenvalue weighted by atomic mass is 10.0. The molecule has 0 bridgehead atoms. The zero-order chi connectivity index (χ0) is 15.1. The van der Waals surface area contributed by atoms with Gasteiger partial charge in [-0.25, -0.2) is 0 Å². The maximum Gasteiger partial charge on any atom is 0.253 e. The summed E-state index contributed by atoms with van der Waals surface area (Å²) in [5.41, 5.74) is 0.720. The molecule has 1 unspecified atom stereocenters. The van der Waals surface area contributed by atoms with Gasteiger partial charge in [0.25, 0.3) is 5.91 Å². The van der Waals surface area contributed by atoms with E-state index in [2.05, 4.69) is 5.32 Å². The Morgan fingerprint density at radius 1 is 1.33 bits per heavy atom. The van der Waals surface area contributed by atoms with E-state index in [1.807, 2.05) is 43.1 Å². The highest BCUT2D eigenvalue weighted by molar-refractivity contribution is 5.94. The van der Waals surface area contributed by atoms with E-state index in [0.29, 0.717) is 12.6 Å². The van der Waals surface area contributed by atoms with Gasteiger partial charge in [0, 0.05) is 25.2 Å². The Hall–Kier alpha value is -1.55. The van der Waals surface area contributed by atoms with Crippen LogP contribution in [0.15, 0.2) is 24.3 Å². The van der Waals surface area contributed by atoms with Crippen LogP contribution in [-0.4, -0.2) is 43.6 Å². The quantitative estimate of drug-likeness (QED) is 0.876. The van der Waals surface area contributed by atoms with Crippen LogP contribution in [0.3, 0.4) is 0 Å². The first-order valence-corrected chi connectivity index (χ1v) is 7.92. The summed E-state index contributed by atoms with van der Waals surface area (Å²) in [5.74, 6) is 0.886. The molecule has 1 atom stereocenters. The third-order valence-corrected chi connectivity index (χ3v) is 3.98. The molecule has 1 aliphatic heterocycles. The van der Waals surface area contributed by atoms with E-state index in [-0.39, 0.29) is 5.91 Å². The van der Waals surface area contributed by atoms with E-state index in [9.17, 15) is 4.79 Å². The van der Waals surface area contributed by atoms with Crippen molar-refractivity contribution in [3.8, 4) is 5.75 Å². The van der Waals surface area contributed by atoms with Crippen LogP contribution >= 0.6 is 0 Å². The Bertz CT molecular complexity index is 439. The van der Waals surface area contributed by atoms with Crippen molar-refractivity contribution in [1.29, 1.82) is 0 Å². The third kappa shape index (κ3) is 4.74. The molecule has 1 N–H and O–H groups in total. The minimum atomic E-state index is 0.0776. The van der Waals surface area contributed by atoms with Gasteiger partial charge in [-0.15, -0.1) is 0 Å². The van der Waals surface area contributed by atoms with Gasteiger partial charge in [0.15, 0.2) is 0 Å². The molecule has 1 fully saturated rings. The monoisotopic (exact) mass is 290 g/mol. The Morgan fingerprint density at radius 2 is 2.10 bits per heavy atom. The molecule has 1 heterocycles. The predicted molar refractivity (Wildman–Crippen MR) is 84.8 cm³/mol. The Morgan fingerprint density at radius 3 is 2.71 bits per heavy atom. The third-order valence-electron chi connectivity index (χ3n) is 3.98. The lowest BCUT2D eigenvalue weighted by Crippen LogP contribution is -2.38. The number of nitrogens with one attached hydrogen (secondary N) is 1. The molecule has 1 aromatic carbocycles. The van der Waals surface area contributed by atoms with Gasteiger partial charge in [0.1, 0.15) is 5.75 Å². The molecule has 116 valence electrons. The fourth-order valence-corrected chi connectivity index (χ4v) is 2.70. The van der Waals surface area contributed by atoms with Crippen LogP contribution in [0.2, 0.25) is 0 Å². The van der Waals surface area contributed by atoms with Crippen LogP contribution in [0, 0.1) is 0 Å². The van der Waals surface area contributed by atoms with Crippen LogP contribution in [0.5, 0.6) is 5.75 Å². The van der Waals surface area contributed by atoms with Crippen LogP contribution in [0.1, 0.15) is 43.0 Å². The second-order valence-corrected chi connectivity index (χ2v) is 5.62. The summed E-state index contributed by atoms with van der Waals surface area (Å²) in [6, 6.07) is 7.95. The first-order valence-electron chi connectivity index (χ1n) is 7.92. The molecule has 0 radical (unpaired) electrons. The highest BCUT2D eigenvalue weighted by Gasteiger charge is 2.16. The molecule has 4 heteroatoms. The van der Waals surface area contributed by atoms with Crippen molar-refractivity contribution in [2.24, 2.45) is 0 Å². The van der Waals surface area contributed by atoms with Crippen molar-refractivity contribution in [1.82, 2.24) is 10.2 Å². The predicted octanol–water partition coefficient (Wildman–Crippen LogP) is 2.69. The fourth-order valence-electron chi connectivity index (χ4n) is 2.70. The summed E-state index contributed by atoms with van der Waals surface area (Å²) in [4.78, 5) is 14.2. The largest absolute Gasteiger partial charge is 0.494 e. The molecular weight excluding hydrogens is 264 g/mol.